The second-order valence-electron chi connectivity index (χ2n) is 4.42. The fraction of sp³-hybridized carbons (Fsp3) is 0.308. The van der Waals surface area contributed by atoms with Crippen LogP contribution in [0.25, 0.3) is 0 Å². The molecule has 0 radical (unpaired) electrons. The number of hydrogen-bond donors (Lipinski definition) is 2. The molecule has 0 fully saturated rings. The monoisotopic (exact) mass is 295 g/mol. The topological polar surface area (TPSA) is 98.2 Å². The van der Waals surface area contributed by atoms with Crippen molar-refractivity contribution in [3.05, 3.63) is 41.6 Å². The molecule has 2 aromatic rings. The average molecular weight is 295 g/mol. The van der Waals surface area contributed by atoms with E-state index >= 15 is 0 Å². The molecule has 0 bridgehead atoms. The fourth-order valence-corrected chi connectivity index (χ4v) is 3.00. The van der Waals surface area contributed by atoms with Crippen molar-refractivity contribution in [3.8, 4) is 0 Å². The van der Waals surface area contributed by atoms with E-state index in [1.54, 1.807) is 25.3 Å². The lowest BCUT2D eigenvalue weighted by Gasteiger charge is -2.08. The van der Waals surface area contributed by atoms with Gasteiger partial charge in [-0.05, 0) is 30.7 Å². The molecule has 2 rings (SSSR count). The number of nitrogens with one attached hydrogen (secondary N) is 1. The third-order valence-corrected chi connectivity index (χ3v) is 4.41. The highest BCUT2D eigenvalue weighted by atomic mass is 32.2. The number of benzene rings is 1. The highest BCUT2D eigenvalue weighted by Gasteiger charge is 2.17. The van der Waals surface area contributed by atoms with Gasteiger partial charge < -0.3 is 10.2 Å². The summed E-state index contributed by atoms with van der Waals surface area (Å²) in [5.74, 6) is 1.07. The first-order valence-electron chi connectivity index (χ1n) is 6.21. The number of sulfonamides is 1. The summed E-state index contributed by atoms with van der Waals surface area (Å²) < 4.78 is 32.2. The molecule has 0 aliphatic rings. The van der Waals surface area contributed by atoms with E-state index < -0.39 is 10.0 Å². The molecule has 1 aromatic carbocycles. The van der Waals surface area contributed by atoms with Crippen LogP contribution in [0.4, 0.5) is 5.69 Å². The van der Waals surface area contributed by atoms with Gasteiger partial charge in [0.25, 0.3) is 0 Å². The average Bonchev–Trinajstić information content (AvgIpc) is 2.84. The number of aryl methyl sites for hydroxylation is 2. The Bertz CT molecular complexity index is 707. The van der Waals surface area contributed by atoms with Gasteiger partial charge in [-0.2, -0.15) is 0 Å². The van der Waals surface area contributed by atoms with Crippen LogP contribution >= 0.6 is 0 Å². The molecular formula is C13H17N3O3S. The fourth-order valence-electron chi connectivity index (χ4n) is 1.80. The molecule has 3 N–H and O–H groups in total. The first-order valence-corrected chi connectivity index (χ1v) is 7.70. The molecule has 0 unspecified atom stereocenters. The molecule has 1 heterocycles. The second-order valence-corrected chi connectivity index (χ2v) is 6.16. The van der Waals surface area contributed by atoms with Gasteiger partial charge in [0, 0.05) is 12.1 Å². The van der Waals surface area contributed by atoms with Crippen LogP contribution in [0.1, 0.15) is 24.1 Å². The number of nitrogens with two attached hydrogens (primary N) is 1. The quantitative estimate of drug-likeness (QED) is 0.816. The highest BCUT2D eigenvalue weighted by molar-refractivity contribution is 7.89. The predicted octanol–water partition coefficient (Wildman–Crippen LogP) is 1.61. The number of nitrogen functional groups attached to an aromatic ring is 1. The zero-order valence-corrected chi connectivity index (χ0v) is 12.2. The van der Waals surface area contributed by atoms with E-state index in [1.165, 1.54) is 6.07 Å². The Morgan fingerprint density at radius 2 is 2.15 bits per heavy atom. The number of aromatic nitrogens is 1. The standard InChI is InChI=1S/C13H17N3O3S/c1-3-11-7-15-13(19-11)8-16-20(17,18)12-5-4-10(14)6-9(12)2/h4-7,16H,3,8,14H2,1-2H3. The normalized spacial score (nSPS) is 11.7. The smallest absolute Gasteiger partial charge is 0.241 e. The van der Waals surface area contributed by atoms with Gasteiger partial charge in [-0.25, -0.2) is 18.1 Å². The number of hydrogen-bond acceptors (Lipinski definition) is 5. The second kappa shape index (κ2) is 5.64. The lowest BCUT2D eigenvalue weighted by Crippen LogP contribution is -2.24. The molecule has 20 heavy (non-hydrogen) atoms. The Morgan fingerprint density at radius 3 is 2.75 bits per heavy atom. The van der Waals surface area contributed by atoms with Crippen LogP contribution in [0.3, 0.4) is 0 Å². The molecule has 108 valence electrons. The minimum Gasteiger partial charge on any atom is -0.444 e. The number of oxazole rings is 1. The van der Waals surface area contributed by atoms with Crippen LogP contribution in [0.5, 0.6) is 0 Å². The van der Waals surface area contributed by atoms with Crippen molar-refractivity contribution in [1.29, 1.82) is 0 Å². The molecule has 0 amide bonds. The Morgan fingerprint density at radius 1 is 1.40 bits per heavy atom. The van der Waals surface area contributed by atoms with Crippen molar-refractivity contribution in [3.63, 3.8) is 0 Å². The molecule has 0 spiro atoms. The number of anilines is 1. The third-order valence-electron chi connectivity index (χ3n) is 2.85. The van der Waals surface area contributed by atoms with Crippen LogP contribution < -0.4 is 10.5 Å². The molecule has 0 aliphatic carbocycles. The summed E-state index contributed by atoms with van der Waals surface area (Å²) in [6.45, 7) is 3.66. The van der Waals surface area contributed by atoms with Crippen molar-refractivity contribution in [1.82, 2.24) is 9.71 Å². The number of rotatable bonds is 5. The largest absolute Gasteiger partial charge is 0.444 e. The van der Waals surface area contributed by atoms with E-state index in [0.29, 0.717) is 17.1 Å². The van der Waals surface area contributed by atoms with E-state index in [-0.39, 0.29) is 11.4 Å². The Kier molecular flexibility index (Phi) is 4.10. The lowest BCUT2D eigenvalue weighted by atomic mass is 10.2. The maximum Gasteiger partial charge on any atom is 0.241 e. The molecule has 0 aliphatic heterocycles. The minimum atomic E-state index is -3.61. The van der Waals surface area contributed by atoms with Crippen LogP contribution in [0.15, 0.2) is 33.7 Å². The van der Waals surface area contributed by atoms with Crippen molar-refractivity contribution in [2.24, 2.45) is 0 Å². The van der Waals surface area contributed by atoms with Crippen molar-refractivity contribution >= 4 is 15.7 Å². The Balaban J connectivity index is 2.14. The summed E-state index contributed by atoms with van der Waals surface area (Å²) in [6, 6.07) is 4.66. The van der Waals surface area contributed by atoms with Gasteiger partial charge in [-0.15, -0.1) is 0 Å². The third kappa shape index (κ3) is 3.17. The van der Waals surface area contributed by atoms with Crippen molar-refractivity contribution in [2.45, 2.75) is 31.7 Å². The van der Waals surface area contributed by atoms with Gasteiger partial charge in [-0.1, -0.05) is 6.92 Å². The Labute approximate surface area is 118 Å². The van der Waals surface area contributed by atoms with E-state index in [4.69, 9.17) is 10.2 Å². The molecule has 0 saturated carbocycles. The minimum absolute atomic E-state index is 0.0200. The molecule has 7 heteroatoms. The van der Waals surface area contributed by atoms with E-state index in [9.17, 15) is 8.42 Å². The van der Waals surface area contributed by atoms with Crippen molar-refractivity contribution in [2.75, 3.05) is 5.73 Å². The summed E-state index contributed by atoms with van der Waals surface area (Å²) >= 11 is 0. The van der Waals surface area contributed by atoms with Gasteiger partial charge in [0.2, 0.25) is 15.9 Å². The van der Waals surface area contributed by atoms with Gasteiger partial charge in [0.1, 0.15) is 5.76 Å². The molecule has 1 aromatic heterocycles. The van der Waals surface area contributed by atoms with E-state index in [1.807, 2.05) is 6.92 Å². The molecular weight excluding hydrogens is 278 g/mol. The summed E-state index contributed by atoms with van der Waals surface area (Å²) in [7, 11) is -3.61. The summed E-state index contributed by atoms with van der Waals surface area (Å²) in [6.07, 6.45) is 2.31. The summed E-state index contributed by atoms with van der Waals surface area (Å²) in [5, 5.41) is 0. The van der Waals surface area contributed by atoms with Crippen LogP contribution in [-0.4, -0.2) is 13.4 Å². The van der Waals surface area contributed by atoms with Gasteiger partial charge in [-0.3, -0.25) is 0 Å². The van der Waals surface area contributed by atoms with Gasteiger partial charge in [0.15, 0.2) is 0 Å². The van der Waals surface area contributed by atoms with Crippen LogP contribution in [-0.2, 0) is 23.0 Å². The molecule has 0 saturated heterocycles. The molecule has 6 nitrogen and oxygen atoms in total. The Hall–Kier alpha value is -1.86. The maximum absolute atomic E-state index is 12.2. The first-order chi connectivity index (χ1) is 9.42. The maximum atomic E-state index is 12.2. The predicted molar refractivity (Wildman–Crippen MR) is 75.5 cm³/mol. The van der Waals surface area contributed by atoms with Gasteiger partial charge in [0.05, 0.1) is 17.6 Å². The van der Waals surface area contributed by atoms with Crippen molar-refractivity contribution < 1.29 is 12.8 Å². The summed E-state index contributed by atoms with van der Waals surface area (Å²) in [4.78, 5) is 4.21. The molecule has 0 atom stereocenters. The highest BCUT2D eigenvalue weighted by Crippen LogP contribution is 2.18. The van der Waals surface area contributed by atoms with Crippen LogP contribution in [0, 0.1) is 6.92 Å². The number of nitrogens with zero attached hydrogens (tertiary/aromatic N) is 1. The first kappa shape index (κ1) is 14.5. The lowest BCUT2D eigenvalue weighted by molar-refractivity contribution is 0.452. The van der Waals surface area contributed by atoms with E-state index in [0.717, 1.165) is 12.2 Å². The summed E-state index contributed by atoms with van der Waals surface area (Å²) in [5.41, 5.74) is 6.74. The SMILES string of the molecule is CCc1cnc(CNS(=O)(=O)c2ccc(N)cc2C)o1. The zero-order valence-electron chi connectivity index (χ0n) is 11.4. The van der Waals surface area contributed by atoms with Crippen LogP contribution in [0.2, 0.25) is 0 Å². The zero-order chi connectivity index (χ0) is 14.8. The van der Waals surface area contributed by atoms with Gasteiger partial charge >= 0.3 is 0 Å². The van der Waals surface area contributed by atoms with E-state index in [2.05, 4.69) is 9.71 Å².